The van der Waals surface area contributed by atoms with Gasteiger partial charge in [0.2, 0.25) is 0 Å². The minimum absolute atomic E-state index is 0.158. The molecule has 0 aliphatic heterocycles. The van der Waals surface area contributed by atoms with E-state index in [1.165, 1.54) is 0 Å². The monoisotopic (exact) mass is 254 g/mol. The van der Waals surface area contributed by atoms with Crippen LogP contribution >= 0.6 is 31.9 Å². The highest BCUT2D eigenvalue weighted by atomic mass is 79.9. The van der Waals surface area contributed by atoms with E-state index < -0.39 is 13.0 Å². The summed E-state index contributed by atoms with van der Waals surface area (Å²) in [5.41, 5.74) is -0.180. The molecule has 1 rings (SSSR count). The number of hydrogen-bond donors (Lipinski definition) is 0. The van der Waals surface area contributed by atoms with Crippen molar-refractivity contribution in [3.63, 3.8) is 0 Å². The van der Waals surface area contributed by atoms with Gasteiger partial charge in [-0.3, -0.25) is 4.98 Å². The van der Waals surface area contributed by atoms with Gasteiger partial charge in [0.15, 0.2) is 0 Å². The van der Waals surface area contributed by atoms with E-state index in [2.05, 4.69) is 36.8 Å². The number of halogens is 2. The number of aromatic nitrogens is 1. The van der Waals surface area contributed by atoms with E-state index in [-0.39, 0.29) is 20.7 Å². The summed E-state index contributed by atoms with van der Waals surface area (Å²) in [6.07, 6.45) is -0.556. The van der Waals surface area contributed by atoms with Gasteiger partial charge in [-0.1, -0.05) is 0 Å². The van der Waals surface area contributed by atoms with E-state index in [9.17, 15) is 0 Å². The number of pyridine rings is 1. The van der Waals surface area contributed by atoms with Crippen molar-refractivity contribution in [1.82, 2.24) is 4.98 Å². The van der Waals surface area contributed by atoms with Crippen molar-refractivity contribution in [1.29, 1.82) is 0 Å². The zero-order valence-electron chi connectivity index (χ0n) is 9.20. The van der Waals surface area contributed by atoms with Gasteiger partial charge in [0.25, 0.3) is 0 Å². The Hall–Kier alpha value is 0.110. The molecule has 1 aromatic heterocycles. The predicted octanol–water partition coefficient (Wildman–Crippen LogP) is 2.92. The zero-order chi connectivity index (χ0) is 11.1. The molecule has 48 valence electrons. The van der Waals surface area contributed by atoms with Crippen LogP contribution in [0.15, 0.2) is 21.3 Å². The summed E-state index contributed by atoms with van der Waals surface area (Å²) in [5.74, 6) is 0. The topological polar surface area (TPSA) is 12.9 Å². The molecule has 1 heterocycles. The van der Waals surface area contributed by atoms with Gasteiger partial charge in [-0.15, -0.1) is 0 Å². The Morgan fingerprint density at radius 2 is 2.44 bits per heavy atom. The molecule has 0 aliphatic carbocycles. The first kappa shape index (κ1) is 3.01. The fourth-order valence-corrected chi connectivity index (χ4v) is 0.805. The second kappa shape index (κ2) is 2.80. The largest absolute Gasteiger partial charge is 0.263 e. The molecule has 3 heteroatoms. The highest BCUT2D eigenvalue weighted by molar-refractivity contribution is 9.13. The molecule has 0 aromatic carbocycles. The molecule has 0 aliphatic rings. The SMILES string of the molecule is [2H]c1nc([2H])c(C([2H])([2H])[2H])c(Br)c1Br. The van der Waals surface area contributed by atoms with Crippen LogP contribution in [0.1, 0.15) is 12.4 Å². The number of rotatable bonds is 0. The van der Waals surface area contributed by atoms with Crippen LogP contribution in [0.2, 0.25) is 0 Å². The van der Waals surface area contributed by atoms with Crippen molar-refractivity contribution in [2.45, 2.75) is 6.85 Å². The molecule has 0 N–H and O–H groups in total. The van der Waals surface area contributed by atoms with Crippen molar-refractivity contribution in [3.05, 3.63) is 26.9 Å². The Labute approximate surface area is 77.8 Å². The van der Waals surface area contributed by atoms with Gasteiger partial charge in [0, 0.05) is 20.9 Å². The fraction of sp³-hybridized carbons (Fsp3) is 0.167. The van der Waals surface area contributed by atoms with E-state index in [1.807, 2.05) is 0 Å². The third kappa shape index (κ3) is 1.52. The van der Waals surface area contributed by atoms with E-state index in [0.29, 0.717) is 0 Å². The van der Waals surface area contributed by atoms with Gasteiger partial charge in [-0.25, -0.2) is 0 Å². The molecule has 9 heavy (non-hydrogen) atoms. The van der Waals surface area contributed by atoms with Crippen molar-refractivity contribution >= 4 is 31.9 Å². The summed E-state index contributed by atoms with van der Waals surface area (Å²) in [6.45, 7) is -2.40. The van der Waals surface area contributed by atoms with Crippen LogP contribution in [0, 0.1) is 6.85 Å². The van der Waals surface area contributed by atoms with Gasteiger partial charge < -0.3 is 0 Å². The van der Waals surface area contributed by atoms with Gasteiger partial charge in [0.1, 0.15) is 0 Å². The van der Waals surface area contributed by atoms with E-state index in [1.54, 1.807) is 0 Å². The van der Waals surface area contributed by atoms with Crippen molar-refractivity contribution in [2.24, 2.45) is 0 Å². The first-order chi connectivity index (χ1) is 6.25. The Morgan fingerprint density at radius 1 is 1.67 bits per heavy atom. The summed E-state index contributed by atoms with van der Waals surface area (Å²) < 4.78 is 36.7. The quantitative estimate of drug-likeness (QED) is 0.695. The molecule has 0 unspecified atom stereocenters. The van der Waals surface area contributed by atoms with Crippen molar-refractivity contribution in [2.75, 3.05) is 0 Å². The predicted molar refractivity (Wildman–Crippen MR) is 44.4 cm³/mol. The van der Waals surface area contributed by atoms with Crippen LogP contribution in [0.3, 0.4) is 0 Å². The molecule has 0 amide bonds. The average Bonchev–Trinajstić information content (AvgIpc) is 1.97. The maximum Gasteiger partial charge on any atom is 0.0852 e. The maximum atomic E-state index is 7.36. The second-order valence-electron chi connectivity index (χ2n) is 1.34. The molecule has 0 radical (unpaired) electrons. The van der Waals surface area contributed by atoms with E-state index in [4.69, 9.17) is 6.85 Å². The molecule has 0 saturated carbocycles. The van der Waals surface area contributed by atoms with Crippen LogP contribution in [0.5, 0.6) is 0 Å². The Bertz CT molecular complexity index is 375. The Morgan fingerprint density at radius 3 is 3.11 bits per heavy atom. The molecule has 1 aromatic rings. The molecule has 1 nitrogen and oxygen atoms in total. The highest BCUT2D eigenvalue weighted by Crippen LogP contribution is 2.24. The van der Waals surface area contributed by atoms with Crippen LogP contribution in [-0.2, 0) is 0 Å². The molecular formula is C6H5Br2N. The average molecular weight is 256 g/mol. The second-order valence-corrected chi connectivity index (χ2v) is 2.92. The Kier molecular flexibility index (Phi) is 0.935. The Balaban J connectivity index is 3.53. The molecule has 0 bridgehead atoms. The summed E-state index contributed by atoms with van der Waals surface area (Å²) >= 11 is 6.06. The highest BCUT2D eigenvalue weighted by Gasteiger charge is 1.96. The van der Waals surface area contributed by atoms with Gasteiger partial charge in [-0.2, -0.15) is 0 Å². The van der Waals surface area contributed by atoms with E-state index in [0.717, 1.165) is 0 Å². The van der Waals surface area contributed by atoms with Crippen LogP contribution in [-0.4, -0.2) is 4.98 Å². The summed E-state index contributed by atoms with van der Waals surface area (Å²) in [7, 11) is 0. The molecule has 0 saturated heterocycles. The number of hydrogen-bond acceptors (Lipinski definition) is 1. The van der Waals surface area contributed by atoms with Gasteiger partial charge >= 0.3 is 0 Å². The maximum absolute atomic E-state index is 7.36. The third-order valence-corrected chi connectivity index (χ3v) is 2.63. The van der Waals surface area contributed by atoms with E-state index >= 15 is 0 Å². The minimum atomic E-state index is -2.40. The van der Waals surface area contributed by atoms with Gasteiger partial charge in [-0.05, 0) is 44.3 Å². The lowest BCUT2D eigenvalue weighted by Crippen LogP contribution is -1.78. The fourth-order valence-electron chi connectivity index (χ4n) is 0.341. The smallest absolute Gasteiger partial charge is 0.0852 e. The molecule has 0 fully saturated rings. The third-order valence-electron chi connectivity index (χ3n) is 0.734. The van der Waals surface area contributed by atoms with Crippen LogP contribution in [0.4, 0.5) is 0 Å². The molecule has 0 atom stereocenters. The first-order valence-corrected chi connectivity index (χ1v) is 3.66. The lowest BCUT2D eigenvalue weighted by atomic mass is 10.3. The van der Waals surface area contributed by atoms with Gasteiger partial charge in [0.05, 0.1) is 7.21 Å². The summed E-state index contributed by atoms with van der Waals surface area (Å²) in [6, 6.07) is 0. The molecular weight excluding hydrogens is 246 g/mol. The van der Waals surface area contributed by atoms with Crippen molar-refractivity contribution < 1.29 is 6.85 Å². The van der Waals surface area contributed by atoms with Crippen LogP contribution in [0.25, 0.3) is 0 Å². The minimum Gasteiger partial charge on any atom is -0.263 e. The lowest BCUT2D eigenvalue weighted by Gasteiger charge is -1.96. The van der Waals surface area contributed by atoms with Crippen molar-refractivity contribution in [3.8, 4) is 0 Å². The molecule has 0 spiro atoms. The van der Waals surface area contributed by atoms with Crippen LogP contribution < -0.4 is 0 Å². The normalized spacial score (nSPS) is 19.1. The lowest BCUT2D eigenvalue weighted by molar-refractivity contribution is 1.23. The number of nitrogens with zero attached hydrogens (tertiary/aromatic N) is 1. The standard InChI is InChI=1S/C6H5Br2N/c1-4-2-9-3-5(7)6(4)8/h2-3H,1H3/i1D3,2D,3D. The summed E-state index contributed by atoms with van der Waals surface area (Å²) in [4.78, 5) is 3.50. The first-order valence-electron chi connectivity index (χ1n) is 4.58. The summed E-state index contributed by atoms with van der Waals surface area (Å²) in [5, 5.41) is 0. The zero-order valence-corrected chi connectivity index (χ0v) is 7.38.